The Hall–Kier alpha value is -3.06. The highest BCUT2D eigenvalue weighted by atomic mass is 32.2. The number of ketones is 1. The monoisotopic (exact) mass is 432 g/mol. The maximum atomic E-state index is 14.0. The van der Waals surface area contributed by atoms with Gasteiger partial charge in [-0.1, -0.05) is 36.9 Å². The topological polar surface area (TPSA) is 26.3 Å². The molecule has 0 aromatic heterocycles. The van der Waals surface area contributed by atoms with Crippen molar-refractivity contribution in [3.8, 4) is 11.5 Å². The number of hydrogen-bond acceptors (Lipinski definition) is 3. The number of benzene rings is 3. The van der Waals surface area contributed by atoms with Gasteiger partial charge in [-0.15, -0.1) is 11.8 Å². The lowest BCUT2D eigenvalue weighted by atomic mass is 10.0. The largest absolute Gasteiger partial charge is 0.457 e. The quantitative estimate of drug-likeness (QED) is 0.161. The molecule has 0 N–H and O–H groups in total. The van der Waals surface area contributed by atoms with Crippen molar-refractivity contribution in [1.29, 1.82) is 0 Å². The van der Waals surface area contributed by atoms with Crippen molar-refractivity contribution in [2.45, 2.75) is 17.1 Å². The molecule has 0 unspecified atom stereocenters. The van der Waals surface area contributed by atoms with Crippen LogP contribution in [0.1, 0.15) is 27.9 Å². The van der Waals surface area contributed by atoms with E-state index in [2.05, 4.69) is 6.58 Å². The van der Waals surface area contributed by atoms with E-state index in [9.17, 15) is 22.4 Å². The highest BCUT2D eigenvalue weighted by Gasteiger charge is 2.26. The van der Waals surface area contributed by atoms with E-state index in [1.165, 1.54) is 23.9 Å². The molecule has 0 saturated heterocycles. The van der Waals surface area contributed by atoms with Crippen molar-refractivity contribution < 1.29 is 27.1 Å². The highest BCUT2D eigenvalue weighted by molar-refractivity contribution is 7.98. The summed E-state index contributed by atoms with van der Waals surface area (Å²) >= 11 is 1.22. The molecule has 3 aromatic rings. The molecule has 0 fully saturated rings. The summed E-state index contributed by atoms with van der Waals surface area (Å²) in [5.41, 5.74) is 0.0617. The van der Waals surface area contributed by atoms with Gasteiger partial charge in [0.1, 0.15) is 23.1 Å². The first-order chi connectivity index (χ1) is 14.4. The van der Waals surface area contributed by atoms with Gasteiger partial charge in [-0.25, -0.2) is 17.6 Å². The molecule has 0 spiro atoms. The minimum absolute atomic E-state index is 0.240. The average molecular weight is 432 g/mol. The molecule has 0 amide bonds. The van der Waals surface area contributed by atoms with Gasteiger partial charge in [-0.3, -0.25) is 4.79 Å². The Kier molecular flexibility index (Phi) is 6.95. The van der Waals surface area contributed by atoms with Crippen LogP contribution in [0.25, 0.3) is 0 Å². The van der Waals surface area contributed by atoms with Crippen LogP contribution in [0.5, 0.6) is 11.5 Å². The number of halogens is 4. The molecule has 0 heterocycles. The zero-order valence-electron chi connectivity index (χ0n) is 15.6. The minimum atomic E-state index is -3.06. The van der Waals surface area contributed by atoms with E-state index in [1.807, 2.05) is 30.3 Å². The van der Waals surface area contributed by atoms with Gasteiger partial charge >= 0.3 is 0 Å². The van der Waals surface area contributed by atoms with Crippen molar-refractivity contribution in [3.05, 3.63) is 102 Å². The van der Waals surface area contributed by atoms with E-state index in [4.69, 9.17) is 4.74 Å². The van der Waals surface area contributed by atoms with Crippen LogP contribution in [0.2, 0.25) is 0 Å². The summed E-state index contributed by atoms with van der Waals surface area (Å²) in [5, 5.41) is 0. The van der Waals surface area contributed by atoms with Crippen LogP contribution in [0.4, 0.5) is 17.6 Å². The molecule has 2 nitrogen and oxygen atoms in total. The van der Waals surface area contributed by atoms with Crippen LogP contribution >= 0.6 is 11.8 Å². The zero-order valence-corrected chi connectivity index (χ0v) is 16.4. The standard InChI is InChI=1S/C23H16F4O2S/c1-2-18(28)21-20(30-13-14-6-4-3-5-7-14)9-8-19(22(21)23(26)27)29-17-11-15(24)10-16(25)12-17/h2-12,23H,1,13H2. The van der Waals surface area contributed by atoms with Gasteiger partial charge in [0.15, 0.2) is 5.78 Å². The Morgan fingerprint density at radius 3 is 2.30 bits per heavy atom. The lowest BCUT2D eigenvalue weighted by Gasteiger charge is -2.17. The molecule has 3 aromatic carbocycles. The maximum Gasteiger partial charge on any atom is 0.268 e. The molecule has 0 atom stereocenters. The lowest BCUT2D eigenvalue weighted by molar-refractivity contribution is 0.102. The van der Waals surface area contributed by atoms with Crippen molar-refractivity contribution in [2.75, 3.05) is 0 Å². The molecular formula is C23H16F4O2S. The Balaban J connectivity index is 2.03. The summed E-state index contributed by atoms with van der Waals surface area (Å²) in [5.74, 6) is -2.73. The number of rotatable bonds is 8. The fraction of sp³-hybridized carbons (Fsp3) is 0.0870. The Bertz CT molecular complexity index is 1050. The molecule has 7 heteroatoms. The van der Waals surface area contributed by atoms with Crippen LogP contribution < -0.4 is 4.74 Å². The third-order valence-electron chi connectivity index (χ3n) is 4.12. The maximum absolute atomic E-state index is 14.0. The fourth-order valence-electron chi connectivity index (χ4n) is 2.81. The summed E-state index contributed by atoms with van der Waals surface area (Å²) in [4.78, 5) is 12.8. The van der Waals surface area contributed by atoms with Gasteiger partial charge in [0.05, 0.1) is 5.56 Å². The van der Waals surface area contributed by atoms with Gasteiger partial charge in [-0.05, 0) is 23.8 Å². The molecule has 0 aliphatic heterocycles. The normalized spacial score (nSPS) is 10.8. The zero-order chi connectivity index (χ0) is 21.7. The van der Waals surface area contributed by atoms with Gasteiger partial charge in [0, 0.05) is 34.4 Å². The van der Waals surface area contributed by atoms with Crippen molar-refractivity contribution in [3.63, 3.8) is 0 Å². The van der Waals surface area contributed by atoms with Crippen molar-refractivity contribution >= 4 is 17.5 Å². The molecule has 0 aliphatic rings. The second-order valence-corrected chi connectivity index (χ2v) is 7.22. The number of allylic oxidation sites excluding steroid dienone is 1. The summed E-state index contributed by atoms with van der Waals surface area (Å²) < 4.78 is 60.1. The molecule has 0 aliphatic carbocycles. The van der Waals surface area contributed by atoms with E-state index >= 15 is 0 Å². The predicted octanol–water partition coefficient (Wildman–Crippen LogP) is 7.36. The van der Waals surface area contributed by atoms with Gasteiger partial charge in [0.25, 0.3) is 6.43 Å². The van der Waals surface area contributed by atoms with Gasteiger partial charge in [-0.2, -0.15) is 0 Å². The summed E-state index contributed by atoms with van der Waals surface area (Å²) in [6.45, 7) is 3.39. The average Bonchev–Trinajstić information content (AvgIpc) is 2.71. The van der Waals surface area contributed by atoms with Crippen LogP contribution in [0.3, 0.4) is 0 Å². The molecule has 154 valence electrons. The SMILES string of the molecule is C=CC(=O)c1c(SCc2ccccc2)ccc(Oc2cc(F)cc(F)c2)c1C(F)F. The first-order valence-electron chi connectivity index (χ1n) is 8.81. The van der Waals surface area contributed by atoms with E-state index in [0.29, 0.717) is 16.7 Å². The summed E-state index contributed by atoms with van der Waals surface area (Å²) in [6, 6.07) is 14.4. The van der Waals surface area contributed by atoms with Crippen LogP contribution in [0.15, 0.2) is 78.2 Å². The number of hydrogen-bond donors (Lipinski definition) is 0. The summed E-state index contributed by atoms with van der Waals surface area (Å²) in [7, 11) is 0. The molecule has 3 rings (SSSR count). The highest BCUT2D eigenvalue weighted by Crippen LogP contribution is 2.41. The molecule has 0 bridgehead atoms. The number of carbonyl (C=O) groups is 1. The Labute approximate surface area is 175 Å². The molecule has 0 radical (unpaired) electrons. The first kappa shape index (κ1) is 21.6. The minimum Gasteiger partial charge on any atom is -0.457 e. The summed E-state index contributed by atoms with van der Waals surface area (Å²) in [6.07, 6.45) is -2.12. The number of thioether (sulfide) groups is 1. The van der Waals surface area contributed by atoms with E-state index < -0.39 is 29.4 Å². The van der Waals surface area contributed by atoms with Gasteiger partial charge in [0.2, 0.25) is 0 Å². The fourth-order valence-corrected chi connectivity index (χ4v) is 3.85. The smallest absolute Gasteiger partial charge is 0.268 e. The predicted molar refractivity (Wildman–Crippen MR) is 108 cm³/mol. The molecule has 30 heavy (non-hydrogen) atoms. The number of alkyl halides is 2. The Morgan fingerprint density at radius 1 is 1.03 bits per heavy atom. The van der Waals surface area contributed by atoms with Crippen molar-refractivity contribution in [2.24, 2.45) is 0 Å². The third-order valence-corrected chi connectivity index (χ3v) is 5.25. The Morgan fingerprint density at radius 2 is 1.70 bits per heavy atom. The molecular weight excluding hydrogens is 416 g/mol. The third kappa shape index (κ3) is 5.10. The van der Waals surface area contributed by atoms with Crippen LogP contribution in [0, 0.1) is 11.6 Å². The van der Waals surface area contributed by atoms with Crippen molar-refractivity contribution in [1.82, 2.24) is 0 Å². The van der Waals surface area contributed by atoms with Gasteiger partial charge < -0.3 is 4.74 Å². The second kappa shape index (κ2) is 9.63. The number of ether oxygens (including phenoxy) is 1. The van der Waals surface area contributed by atoms with E-state index in [0.717, 1.165) is 23.8 Å². The number of carbonyl (C=O) groups excluding carboxylic acids is 1. The van der Waals surface area contributed by atoms with Crippen LogP contribution in [-0.4, -0.2) is 5.78 Å². The first-order valence-corrected chi connectivity index (χ1v) is 9.80. The van der Waals surface area contributed by atoms with Crippen LogP contribution in [-0.2, 0) is 5.75 Å². The second-order valence-electron chi connectivity index (χ2n) is 6.20. The molecule has 0 saturated carbocycles. The van der Waals surface area contributed by atoms with E-state index in [-0.39, 0.29) is 17.1 Å². The lowest BCUT2D eigenvalue weighted by Crippen LogP contribution is -2.06. The van der Waals surface area contributed by atoms with E-state index in [1.54, 1.807) is 0 Å².